The molecule has 3 N–H and O–H groups in total. The molecule has 0 aliphatic heterocycles. The van der Waals surface area contributed by atoms with Crippen LogP contribution in [0.2, 0.25) is 0 Å². The molecule has 2 rings (SSSR count). The second-order valence-corrected chi connectivity index (χ2v) is 7.53. The third-order valence-corrected chi connectivity index (χ3v) is 5.65. The first-order valence-corrected chi connectivity index (χ1v) is 9.64. The average molecular weight is 350 g/mol. The molecule has 1 aliphatic carbocycles. The number of urea groups is 1. The van der Waals surface area contributed by atoms with Gasteiger partial charge in [0.2, 0.25) is 0 Å². The maximum Gasteiger partial charge on any atom is 0.319 e. The summed E-state index contributed by atoms with van der Waals surface area (Å²) in [6, 6.07) is 5.05. The zero-order chi connectivity index (χ0) is 17.4. The van der Waals surface area contributed by atoms with E-state index in [2.05, 4.69) is 16.0 Å². The molecule has 0 saturated heterocycles. The number of anilines is 1. The van der Waals surface area contributed by atoms with E-state index < -0.39 is 0 Å². The Morgan fingerprint density at radius 1 is 1.21 bits per heavy atom. The number of rotatable bonds is 6. The van der Waals surface area contributed by atoms with Crippen molar-refractivity contribution in [3.8, 4) is 0 Å². The molecule has 0 aromatic heterocycles. The molecule has 1 aliphatic rings. The smallest absolute Gasteiger partial charge is 0.319 e. The van der Waals surface area contributed by atoms with Crippen LogP contribution in [0.3, 0.4) is 0 Å². The Morgan fingerprint density at radius 2 is 1.96 bits per heavy atom. The second-order valence-electron chi connectivity index (χ2n) is 6.12. The van der Waals surface area contributed by atoms with Gasteiger partial charge in [0.05, 0.1) is 0 Å². The van der Waals surface area contributed by atoms with Gasteiger partial charge in [-0.1, -0.05) is 25.3 Å². The Labute approximate surface area is 148 Å². The Bertz CT molecular complexity index is 571. The van der Waals surface area contributed by atoms with Crippen LogP contribution in [-0.4, -0.2) is 36.5 Å². The number of aryl methyl sites for hydroxylation is 1. The van der Waals surface area contributed by atoms with Crippen molar-refractivity contribution in [2.45, 2.75) is 44.3 Å². The summed E-state index contributed by atoms with van der Waals surface area (Å²) in [5, 5.41) is 9.06. The highest BCUT2D eigenvalue weighted by molar-refractivity contribution is 7.99. The Morgan fingerprint density at radius 3 is 2.67 bits per heavy atom. The van der Waals surface area contributed by atoms with Gasteiger partial charge in [-0.15, -0.1) is 0 Å². The molecule has 6 heteroatoms. The van der Waals surface area contributed by atoms with Gasteiger partial charge in [-0.2, -0.15) is 11.8 Å². The van der Waals surface area contributed by atoms with E-state index in [0.717, 1.165) is 16.6 Å². The second kappa shape index (κ2) is 9.57. The van der Waals surface area contributed by atoms with E-state index in [1.807, 2.05) is 24.8 Å². The van der Waals surface area contributed by atoms with E-state index in [4.69, 9.17) is 0 Å². The molecule has 0 atom stereocenters. The highest BCUT2D eigenvalue weighted by Crippen LogP contribution is 2.27. The maximum atomic E-state index is 12.0. The molecule has 0 heterocycles. The predicted molar refractivity (Wildman–Crippen MR) is 101 cm³/mol. The van der Waals surface area contributed by atoms with Crippen LogP contribution in [-0.2, 0) is 0 Å². The molecule has 1 aromatic rings. The molecule has 1 fully saturated rings. The number of hydrogen-bond acceptors (Lipinski definition) is 3. The van der Waals surface area contributed by atoms with E-state index >= 15 is 0 Å². The molecule has 24 heavy (non-hydrogen) atoms. The fraction of sp³-hybridized carbons (Fsp3) is 0.556. The van der Waals surface area contributed by atoms with E-state index in [0.29, 0.717) is 17.8 Å². The monoisotopic (exact) mass is 349 g/mol. The number of amides is 3. The molecular formula is C18H27N3O2S. The molecule has 0 bridgehead atoms. The standard InChI is InChI=1S/C18H27N3O2S/c1-13-8-9-14(17(22)19-2)12-16(13)21-18(23)20-10-11-24-15-6-4-3-5-7-15/h8-9,12,15H,3-7,10-11H2,1-2H3,(H,19,22)(H2,20,21,23). The molecule has 0 spiro atoms. The lowest BCUT2D eigenvalue weighted by Gasteiger charge is -2.20. The minimum Gasteiger partial charge on any atom is -0.355 e. The van der Waals surface area contributed by atoms with Crippen LogP contribution >= 0.6 is 11.8 Å². The first-order valence-electron chi connectivity index (χ1n) is 8.59. The van der Waals surface area contributed by atoms with Crippen LogP contribution in [0.25, 0.3) is 0 Å². The van der Waals surface area contributed by atoms with Crippen LogP contribution in [0.5, 0.6) is 0 Å². The largest absolute Gasteiger partial charge is 0.355 e. The van der Waals surface area contributed by atoms with Gasteiger partial charge in [0.15, 0.2) is 0 Å². The van der Waals surface area contributed by atoms with Gasteiger partial charge in [0.25, 0.3) is 5.91 Å². The maximum absolute atomic E-state index is 12.0. The number of thioether (sulfide) groups is 1. The Balaban J connectivity index is 1.76. The molecule has 1 saturated carbocycles. The van der Waals surface area contributed by atoms with Gasteiger partial charge in [0.1, 0.15) is 0 Å². The molecule has 132 valence electrons. The third-order valence-electron chi connectivity index (χ3n) is 4.27. The van der Waals surface area contributed by atoms with Gasteiger partial charge in [0, 0.05) is 35.8 Å². The summed E-state index contributed by atoms with van der Waals surface area (Å²) in [5.41, 5.74) is 2.12. The van der Waals surface area contributed by atoms with Gasteiger partial charge in [-0.25, -0.2) is 4.79 Å². The number of nitrogens with one attached hydrogen (secondary N) is 3. The fourth-order valence-corrected chi connectivity index (χ4v) is 4.05. The lowest BCUT2D eigenvalue weighted by Crippen LogP contribution is -2.31. The number of benzene rings is 1. The molecule has 5 nitrogen and oxygen atoms in total. The van der Waals surface area contributed by atoms with Crippen molar-refractivity contribution in [2.24, 2.45) is 0 Å². The highest BCUT2D eigenvalue weighted by atomic mass is 32.2. The van der Waals surface area contributed by atoms with Crippen molar-refractivity contribution >= 4 is 29.4 Å². The first-order chi connectivity index (χ1) is 11.6. The number of hydrogen-bond donors (Lipinski definition) is 3. The summed E-state index contributed by atoms with van der Waals surface area (Å²) < 4.78 is 0. The summed E-state index contributed by atoms with van der Waals surface area (Å²) in [6.45, 7) is 2.56. The van der Waals surface area contributed by atoms with E-state index in [9.17, 15) is 9.59 Å². The first kappa shape index (κ1) is 18.6. The summed E-state index contributed by atoms with van der Waals surface area (Å²) in [6.07, 6.45) is 6.66. The topological polar surface area (TPSA) is 70.2 Å². The normalized spacial score (nSPS) is 14.9. The van der Waals surface area contributed by atoms with Gasteiger partial charge in [-0.3, -0.25) is 4.79 Å². The average Bonchev–Trinajstić information content (AvgIpc) is 2.61. The van der Waals surface area contributed by atoms with E-state index in [-0.39, 0.29) is 11.9 Å². The van der Waals surface area contributed by atoms with Crippen molar-refractivity contribution in [3.05, 3.63) is 29.3 Å². The van der Waals surface area contributed by atoms with Crippen LogP contribution in [0, 0.1) is 6.92 Å². The minimum atomic E-state index is -0.226. The molecule has 1 aromatic carbocycles. The zero-order valence-electron chi connectivity index (χ0n) is 14.5. The highest BCUT2D eigenvalue weighted by Gasteiger charge is 2.13. The predicted octanol–water partition coefficient (Wildman–Crippen LogP) is 3.54. The molecular weight excluding hydrogens is 322 g/mol. The summed E-state index contributed by atoms with van der Waals surface area (Å²) in [4.78, 5) is 23.7. The molecule has 3 amide bonds. The van der Waals surface area contributed by atoms with Crippen molar-refractivity contribution in [2.75, 3.05) is 24.7 Å². The lowest BCUT2D eigenvalue weighted by atomic mass is 10.0. The van der Waals surface area contributed by atoms with Crippen LogP contribution in [0.1, 0.15) is 48.0 Å². The van der Waals surface area contributed by atoms with Crippen LogP contribution in [0.4, 0.5) is 10.5 Å². The van der Waals surface area contributed by atoms with Gasteiger partial charge >= 0.3 is 6.03 Å². The van der Waals surface area contributed by atoms with E-state index in [1.54, 1.807) is 19.2 Å². The number of carbonyl (C=O) groups excluding carboxylic acids is 2. The molecule has 0 unspecified atom stereocenters. The van der Waals surface area contributed by atoms with Crippen molar-refractivity contribution in [1.82, 2.24) is 10.6 Å². The quantitative estimate of drug-likeness (QED) is 0.688. The summed E-state index contributed by atoms with van der Waals surface area (Å²) in [7, 11) is 1.59. The van der Waals surface area contributed by atoms with Crippen molar-refractivity contribution < 1.29 is 9.59 Å². The SMILES string of the molecule is CNC(=O)c1ccc(C)c(NC(=O)NCCSC2CCCCC2)c1. The van der Waals surface area contributed by atoms with E-state index in [1.165, 1.54) is 32.1 Å². The summed E-state index contributed by atoms with van der Waals surface area (Å²) >= 11 is 1.96. The fourth-order valence-electron chi connectivity index (χ4n) is 2.83. The van der Waals surface area contributed by atoms with Crippen LogP contribution in [0.15, 0.2) is 18.2 Å². The lowest BCUT2D eigenvalue weighted by molar-refractivity contribution is 0.0963. The zero-order valence-corrected chi connectivity index (χ0v) is 15.3. The Hall–Kier alpha value is -1.69. The number of carbonyl (C=O) groups is 2. The van der Waals surface area contributed by atoms with Crippen molar-refractivity contribution in [3.63, 3.8) is 0 Å². The molecule has 0 radical (unpaired) electrons. The summed E-state index contributed by atoms with van der Waals surface area (Å²) in [5.74, 6) is 0.775. The van der Waals surface area contributed by atoms with Gasteiger partial charge in [-0.05, 0) is 37.5 Å². The third kappa shape index (κ3) is 5.74. The van der Waals surface area contributed by atoms with Gasteiger partial charge < -0.3 is 16.0 Å². The van der Waals surface area contributed by atoms with Crippen molar-refractivity contribution in [1.29, 1.82) is 0 Å². The van der Waals surface area contributed by atoms with Crippen LogP contribution < -0.4 is 16.0 Å². The minimum absolute atomic E-state index is 0.164. The Kier molecular flexibility index (Phi) is 7.43.